The van der Waals surface area contributed by atoms with E-state index in [1.165, 1.54) is 12.1 Å². The minimum Gasteiger partial charge on any atom is -0.505 e. The summed E-state index contributed by atoms with van der Waals surface area (Å²) in [6, 6.07) is 3.89. The van der Waals surface area contributed by atoms with Crippen LogP contribution in [0.15, 0.2) is 30.9 Å². The Morgan fingerprint density at radius 2 is 2.31 bits per heavy atom. The minimum atomic E-state index is -0.642. The quantitative estimate of drug-likeness (QED) is 0.701. The standard InChI is InChI=1S/C10H12FNO/c1-2-3-9(12)7-4-5-10(13)8(11)6-7/h2,4-6,9,13H,1,3,12H2. The van der Waals surface area contributed by atoms with E-state index in [9.17, 15) is 4.39 Å². The zero-order chi connectivity index (χ0) is 9.84. The van der Waals surface area contributed by atoms with Gasteiger partial charge in [-0.3, -0.25) is 0 Å². The van der Waals surface area contributed by atoms with Gasteiger partial charge in [0.15, 0.2) is 11.6 Å². The molecule has 3 heteroatoms. The smallest absolute Gasteiger partial charge is 0.165 e. The third-order valence-electron chi connectivity index (χ3n) is 1.82. The fourth-order valence-electron chi connectivity index (χ4n) is 1.07. The van der Waals surface area contributed by atoms with Crippen LogP contribution in [-0.2, 0) is 0 Å². The molecule has 0 spiro atoms. The maximum Gasteiger partial charge on any atom is 0.165 e. The molecular formula is C10H12FNO. The number of nitrogens with two attached hydrogens (primary N) is 1. The lowest BCUT2D eigenvalue weighted by molar-refractivity contribution is 0.431. The normalized spacial score (nSPS) is 12.5. The van der Waals surface area contributed by atoms with E-state index in [1.54, 1.807) is 12.1 Å². The number of phenols is 1. The Hall–Kier alpha value is -1.35. The van der Waals surface area contributed by atoms with Gasteiger partial charge < -0.3 is 10.8 Å². The molecule has 1 rings (SSSR count). The second-order valence-electron chi connectivity index (χ2n) is 2.84. The number of rotatable bonds is 3. The van der Waals surface area contributed by atoms with E-state index in [4.69, 9.17) is 10.8 Å². The molecule has 2 nitrogen and oxygen atoms in total. The molecule has 13 heavy (non-hydrogen) atoms. The van der Waals surface area contributed by atoms with Crippen molar-refractivity contribution < 1.29 is 9.50 Å². The summed E-state index contributed by atoms with van der Waals surface area (Å²) in [5, 5.41) is 8.92. The summed E-state index contributed by atoms with van der Waals surface area (Å²) in [6.07, 6.45) is 2.26. The van der Waals surface area contributed by atoms with E-state index in [-0.39, 0.29) is 11.8 Å². The Balaban J connectivity index is 2.89. The Labute approximate surface area is 76.5 Å². The summed E-state index contributed by atoms with van der Waals surface area (Å²) in [5.74, 6) is -0.994. The summed E-state index contributed by atoms with van der Waals surface area (Å²) < 4.78 is 12.8. The summed E-state index contributed by atoms with van der Waals surface area (Å²) in [5.41, 5.74) is 6.37. The molecule has 1 atom stereocenters. The van der Waals surface area contributed by atoms with Crippen molar-refractivity contribution in [2.75, 3.05) is 0 Å². The van der Waals surface area contributed by atoms with Crippen LogP contribution in [0.4, 0.5) is 4.39 Å². The van der Waals surface area contributed by atoms with Crippen LogP contribution < -0.4 is 5.73 Å². The Kier molecular flexibility index (Phi) is 3.03. The second-order valence-corrected chi connectivity index (χ2v) is 2.84. The summed E-state index contributed by atoms with van der Waals surface area (Å²) in [6.45, 7) is 3.54. The first-order valence-electron chi connectivity index (χ1n) is 4.00. The molecule has 0 amide bonds. The Morgan fingerprint density at radius 1 is 1.62 bits per heavy atom. The molecule has 0 aliphatic rings. The predicted octanol–water partition coefficient (Wildman–Crippen LogP) is 2.11. The molecule has 0 aromatic heterocycles. The van der Waals surface area contributed by atoms with Crippen LogP contribution >= 0.6 is 0 Å². The number of hydrogen-bond acceptors (Lipinski definition) is 2. The molecule has 1 unspecified atom stereocenters. The first-order valence-corrected chi connectivity index (χ1v) is 4.00. The molecule has 70 valence electrons. The van der Waals surface area contributed by atoms with Crippen molar-refractivity contribution >= 4 is 0 Å². The summed E-state index contributed by atoms with van der Waals surface area (Å²) >= 11 is 0. The number of aromatic hydroxyl groups is 1. The third-order valence-corrected chi connectivity index (χ3v) is 1.82. The van der Waals surface area contributed by atoms with Gasteiger partial charge in [-0.15, -0.1) is 6.58 Å². The van der Waals surface area contributed by atoms with E-state index in [0.717, 1.165) is 0 Å². The number of hydrogen-bond donors (Lipinski definition) is 2. The lowest BCUT2D eigenvalue weighted by atomic mass is 10.0. The van der Waals surface area contributed by atoms with Crippen LogP contribution in [0.5, 0.6) is 5.75 Å². The average molecular weight is 181 g/mol. The monoisotopic (exact) mass is 181 g/mol. The molecule has 0 saturated heterocycles. The molecule has 0 saturated carbocycles. The maximum absolute atomic E-state index is 12.8. The highest BCUT2D eigenvalue weighted by Crippen LogP contribution is 2.21. The number of phenolic OH excluding ortho intramolecular Hbond substituents is 1. The van der Waals surface area contributed by atoms with Crippen LogP contribution in [0.25, 0.3) is 0 Å². The molecule has 0 fully saturated rings. The van der Waals surface area contributed by atoms with Crippen molar-refractivity contribution in [3.8, 4) is 5.75 Å². The van der Waals surface area contributed by atoms with Gasteiger partial charge in [0.05, 0.1) is 0 Å². The predicted molar refractivity (Wildman–Crippen MR) is 49.8 cm³/mol. The fraction of sp³-hybridized carbons (Fsp3) is 0.200. The lowest BCUT2D eigenvalue weighted by Crippen LogP contribution is -2.08. The van der Waals surface area contributed by atoms with Crippen molar-refractivity contribution in [3.63, 3.8) is 0 Å². The van der Waals surface area contributed by atoms with Gasteiger partial charge >= 0.3 is 0 Å². The SMILES string of the molecule is C=CCC(N)c1ccc(O)c(F)c1. The number of benzene rings is 1. The Morgan fingerprint density at radius 3 is 2.85 bits per heavy atom. The zero-order valence-corrected chi connectivity index (χ0v) is 7.20. The van der Waals surface area contributed by atoms with Gasteiger partial charge in [-0.05, 0) is 24.1 Å². The van der Waals surface area contributed by atoms with Crippen LogP contribution in [0.2, 0.25) is 0 Å². The third kappa shape index (κ3) is 2.29. The molecule has 0 heterocycles. The first kappa shape index (κ1) is 9.74. The highest BCUT2D eigenvalue weighted by atomic mass is 19.1. The van der Waals surface area contributed by atoms with Crippen LogP contribution in [0, 0.1) is 5.82 Å². The van der Waals surface area contributed by atoms with Crippen LogP contribution in [0.3, 0.4) is 0 Å². The molecule has 0 bridgehead atoms. The molecule has 1 aromatic carbocycles. The molecular weight excluding hydrogens is 169 g/mol. The molecule has 3 N–H and O–H groups in total. The molecule has 0 radical (unpaired) electrons. The Bertz CT molecular complexity index is 312. The van der Waals surface area contributed by atoms with Crippen molar-refractivity contribution in [3.05, 3.63) is 42.2 Å². The van der Waals surface area contributed by atoms with E-state index < -0.39 is 5.82 Å². The van der Waals surface area contributed by atoms with Gasteiger partial charge in [-0.1, -0.05) is 12.1 Å². The fourth-order valence-corrected chi connectivity index (χ4v) is 1.07. The van der Waals surface area contributed by atoms with Gasteiger partial charge in [0.25, 0.3) is 0 Å². The van der Waals surface area contributed by atoms with Crippen molar-refractivity contribution in [1.29, 1.82) is 0 Å². The van der Waals surface area contributed by atoms with Crippen LogP contribution in [0.1, 0.15) is 18.0 Å². The van der Waals surface area contributed by atoms with Gasteiger partial charge in [-0.25, -0.2) is 4.39 Å². The highest BCUT2D eigenvalue weighted by Gasteiger charge is 2.07. The van der Waals surface area contributed by atoms with Crippen LogP contribution in [-0.4, -0.2) is 5.11 Å². The second kappa shape index (κ2) is 4.05. The van der Waals surface area contributed by atoms with E-state index in [1.807, 2.05) is 0 Å². The topological polar surface area (TPSA) is 46.2 Å². The summed E-state index contributed by atoms with van der Waals surface area (Å²) in [7, 11) is 0. The van der Waals surface area contributed by atoms with E-state index in [2.05, 4.69) is 6.58 Å². The minimum absolute atomic E-state index is 0.257. The van der Waals surface area contributed by atoms with Gasteiger partial charge in [0.2, 0.25) is 0 Å². The van der Waals surface area contributed by atoms with E-state index in [0.29, 0.717) is 12.0 Å². The van der Waals surface area contributed by atoms with E-state index >= 15 is 0 Å². The average Bonchev–Trinajstić information content (AvgIpc) is 2.10. The van der Waals surface area contributed by atoms with Crippen molar-refractivity contribution in [2.45, 2.75) is 12.5 Å². The molecule has 0 aliphatic heterocycles. The highest BCUT2D eigenvalue weighted by molar-refractivity contribution is 5.29. The summed E-state index contributed by atoms with van der Waals surface area (Å²) in [4.78, 5) is 0. The lowest BCUT2D eigenvalue weighted by Gasteiger charge is -2.09. The molecule has 0 aliphatic carbocycles. The molecule has 1 aromatic rings. The largest absolute Gasteiger partial charge is 0.505 e. The zero-order valence-electron chi connectivity index (χ0n) is 7.20. The van der Waals surface area contributed by atoms with Gasteiger partial charge in [0, 0.05) is 6.04 Å². The maximum atomic E-state index is 12.8. The van der Waals surface area contributed by atoms with Crippen molar-refractivity contribution in [1.82, 2.24) is 0 Å². The van der Waals surface area contributed by atoms with Gasteiger partial charge in [-0.2, -0.15) is 0 Å². The first-order chi connectivity index (χ1) is 6.15. The van der Waals surface area contributed by atoms with Crippen molar-refractivity contribution in [2.24, 2.45) is 5.73 Å². The van der Waals surface area contributed by atoms with Gasteiger partial charge in [0.1, 0.15) is 0 Å². The number of halogens is 1.